The Bertz CT molecular complexity index is 1440. The number of nitrogens with zero attached hydrogens (tertiary/aromatic N) is 4. The molecule has 2 aromatic carbocycles. The third-order valence-corrected chi connectivity index (χ3v) is 4.95. The highest BCUT2D eigenvalue weighted by Crippen LogP contribution is 2.34. The molecule has 0 aliphatic heterocycles. The zero-order valence-electron chi connectivity index (χ0n) is 13.2. The van der Waals surface area contributed by atoms with E-state index in [-0.39, 0.29) is 0 Å². The fraction of sp³-hybridized carbons (Fsp3) is 0. The lowest BCUT2D eigenvalue weighted by molar-refractivity contribution is 1.28. The largest absolute Gasteiger partial charge is 0.298 e. The van der Waals surface area contributed by atoms with Crippen LogP contribution >= 0.6 is 0 Å². The molecule has 0 unspecified atom stereocenters. The summed E-state index contributed by atoms with van der Waals surface area (Å²) in [5.41, 5.74) is 3.11. The molecular weight excluding hydrogens is 308 g/mol. The zero-order chi connectivity index (χ0) is 16.4. The van der Waals surface area contributed by atoms with Gasteiger partial charge in [0.15, 0.2) is 0 Å². The molecule has 4 heteroatoms. The molecule has 0 bridgehead atoms. The number of aromatic nitrogens is 4. The van der Waals surface area contributed by atoms with Crippen molar-refractivity contribution in [3.8, 4) is 0 Å². The van der Waals surface area contributed by atoms with E-state index in [0.29, 0.717) is 0 Å². The summed E-state index contributed by atoms with van der Waals surface area (Å²) in [6.07, 6.45) is 9.47. The molecule has 0 amide bonds. The second kappa shape index (κ2) is 4.51. The Morgan fingerprint density at radius 1 is 0.720 bits per heavy atom. The Balaban J connectivity index is 2.00. The van der Waals surface area contributed by atoms with E-state index in [0.717, 1.165) is 32.8 Å². The average molecular weight is 320 g/mol. The monoisotopic (exact) mass is 320 g/mol. The average Bonchev–Trinajstić information content (AvgIpc) is 3.16. The summed E-state index contributed by atoms with van der Waals surface area (Å²) in [5, 5.41) is 7.00. The summed E-state index contributed by atoms with van der Waals surface area (Å²) in [6, 6.07) is 14.8. The van der Waals surface area contributed by atoms with Crippen molar-refractivity contribution in [1.29, 1.82) is 0 Å². The van der Waals surface area contributed by atoms with Crippen LogP contribution in [-0.4, -0.2) is 19.4 Å². The van der Waals surface area contributed by atoms with Crippen LogP contribution in [0.25, 0.3) is 49.0 Å². The molecule has 4 nitrogen and oxygen atoms in total. The fourth-order valence-corrected chi connectivity index (χ4v) is 3.84. The minimum absolute atomic E-state index is 0.970. The summed E-state index contributed by atoms with van der Waals surface area (Å²) >= 11 is 0. The van der Waals surface area contributed by atoms with E-state index in [1.165, 1.54) is 16.2 Å². The van der Waals surface area contributed by atoms with Gasteiger partial charge in [-0.15, -0.1) is 0 Å². The normalized spacial score (nSPS) is 12.0. The van der Waals surface area contributed by atoms with Crippen molar-refractivity contribution in [2.24, 2.45) is 0 Å². The van der Waals surface area contributed by atoms with Gasteiger partial charge in [0, 0.05) is 52.5 Å². The molecular formula is C21H12N4. The van der Waals surface area contributed by atoms with Crippen LogP contribution in [0.5, 0.6) is 0 Å². The highest BCUT2D eigenvalue weighted by Gasteiger charge is 2.13. The number of fused-ring (bicyclic) bond motifs is 9. The van der Waals surface area contributed by atoms with E-state index in [2.05, 4.69) is 49.7 Å². The van der Waals surface area contributed by atoms with E-state index < -0.39 is 0 Å². The van der Waals surface area contributed by atoms with Crippen molar-refractivity contribution in [2.75, 3.05) is 0 Å². The van der Waals surface area contributed by atoms with Crippen molar-refractivity contribution >= 4 is 49.0 Å². The van der Waals surface area contributed by atoms with E-state index >= 15 is 0 Å². The number of hydrogen-bond donors (Lipinski definition) is 0. The van der Waals surface area contributed by atoms with Crippen molar-refractivity contribution in [1.82, 2.24) is 19.4 Å². The maximum atomic E-state index is 4.64. The summed E-state index contributed by atoms with van der Waals surface area (Å²) in [7, 11) is 0. The third kappa shape index (κ3) is 1.63. The summed E-state index contributed by atoms with van der Waals surface area (Å²) in [6.45, 7) is 0. The summed E-state index contributed by atoms with van der Waals surface area (Å²) in [5.74, 6) is 0. The van der Waals surface area contributed by atoms with Gasteiger partial charge < -0.3 is 0 Å². The Hall–Kier alpha value is -3.53. The molecule has 0 radical (unpaired) electrons. The molecule has 6 aromatic rings. The summed E-state index contributed by atoms with van der Waals surface area (Å²) in [4.78, 5) is 13.4. The predicted octanol–water partition coefficient (Wildman–Crippen LogP) is 4.74. The molecule has 4 aromatic heterocycles. The Kier molecular flexibility index (Phi) is 2.32. The van der Waals surface area contributed by atoms with Crippen LogP contribution in [0.3, 0.4) is 0 Å². The molecule has 4 heterocycles. The minimum atomic E-state index is 0.970. The second-order valence-electron chi connectivity index (χ2n) is 6.27. The molecule has 0 fully saturated rings. The SMILES string of the molecule is c1cnc2ccc3c4cc5cnccc5cc4c4nccn4c3c2c1. The number of pyridine rings is 3. The van der Waals surface area contributed by atoms with Gasteiger partial charge in [0.05, 0.1) is 11.0 Å². The quantitative estimate of drug-likeness (QED) is 0.300. The van der Waals surface area contributed by atoms with E-state index in [1.807, 2.05) is 43.1 Å². The lowest BCUT2D eigenvalue weighted by Gasteiger charge is -2.11. The van der Waals surface area contributed by atoms with Crippen molar-refractivity contribution in [2.45, 2.75) is 0 Å². The standard InChI is InChI=1S/C21H12N4/c1-2-16-19(23-6-1)4-3-15-17-11-14-12-22-7-5-13(14)10-18(17)21-24-8-9-25(21)20(15)16/h1-12H. The van der Waals surface area contributed by atoms with Gasteiger partial charge >= 0.3 is 0 Å². The van der Waals surface area contributed by atoms with Crippen LogP contribution in [0, 0.1) is 0 Å². The third-order valence-electron chi connectivity index (χ3n) is 4.95. The Labute approximate surface area is 142 Å². The van der Waals surface area contributed by atoms with Crippen LogP contribution in [0.15, 0.2) is 73.4 Å². The van der Waals surface area contributed by atoms with E-state index in [4.69, 9.17) is 0 Å². The van der Waals surface area contributed by atoms with Crippen LogP contribution in [0.2, 0.25) is 0 Å². The number of imidazole rings is 1. The topological polar surface area (TPSA) is 43.1 Å². The van der Waals surface area contributed by atoms with Gasteiger partial charge in [-0.3, -0.25) is 14.4 Å². The number of benzene rings is 2. The molecule has 0 aliphatic rings. The lowest BCUT2D eigenvalue weighted by atomic mass is 10.0. The van der Waals surface area contributed by atoms with Gasteiger partial charge in [-0.25, -0.2) is 4.98 Å². The molecule has 0 atom stereocenters. The Morgan fingerprint density at radius 3 is 2.68 bits per heavy atom. The lowest BCUT2D eigenvalue weighted by Crippen LogP contribution is -1.93. The maximum absolute atomic E-state index is 4.64. The highest BCUT2D eigenvalue weighted by atomic mass is 15.0. The highest BCUT2D eigenvalue weighted by molar-refractivity contribution is 6.20. The number of hydrogen-bond acceptors (Lipinski definition) is 3. The van der Waals surface area contributed by atoms with Gasteiger partial charge in [0.1, 0.15) is 5.65 Å². The molecule has 25 heavy (non-hydrogen) atoms. The molecule has 6 rings (SSSR count). The van der Waals surface area contributed by atoms with Crippen molar-refractivity contribution in [3.63, 3.8) is 0 Å². The first-order valence-electron chi connectivity index (χ1n) is 8.20. The predicted molar refractivity (Wildman–Crippen MR) is 101 cm³/mol. The number of rotatable bonds is 0. The molecule has 0 saturated heterocycles. The van der Waals surface area contributed by atoms with Crippen molar-refractivity contribution in [3.05, 3.63) is 73.4 Å². The van der Waals surface area contributed by atoms with Crippen molar-refractivity contribution < 1.29 is 0 Å². The maximum Gasteiger partial charge on any atom is 0.145 e. The molecule has 0 N–H and O–H groups in total. The van der Waals surface area contributed by atoms with Gasteiger partial charge in [-0.2, -0.15) is 0 Å². The first kappa shape index (κ1) is 12.8. The molecule has 0 saturated carbocycles. The zero-order valence-corrected chi connectivity index (χ0v) is 13.2. The van der Waals surface area contributed by atoms with Gasteiger partial charge in [0.25, 0.3) is 0 Å². The molecule has 0 aliphatic carbocycles. The van der Waals surface area contributed by atoms with Gasteiger partial charge in [0.2, 0.25) is 0 Å². The Morgan fingerprint density at radius 2 is 1.68 bits per heavy atom. The fourth-order valence-electron chi connectivity index (χ4n) is 3.84. The second-order valence-corrected chi connectivity index (χ2v) is 6.27. The molecule has 116 valence electrons. The van der Waals surface area contributed by atoms with E-state index in [9.17, 15) is 0 Å². The smallest absolute Gasteiger partial charge is 0.145 e. The summed E-state index contributed by atoms with van der Waals surface area (Å²) < 4.78 is 2.18. The van der Waals surface area contributed by atoms with Gasteiger partial charge in [-0.1, -0.05) is 6.07 Å². The van der Waals surface area contributed by atoms with Crippen LogP contribution in [-0.2, 0) is 0 Å². The minimum Gasteiger partial charge on any atom is -0.298 e. The van der Waals surface area contributed by atoms with Crippen LogP contribution in [0.1, 0.15) is 0 Å². The van der Waals surface area contributed by atoms with Gasteiger partial charge in [-0.05, 0) is 47.2 Å². The van der Waals surface area contributed by atoms with Crippen LogP contribution < -0.4 is 0 Å². The van der Waals surface area contributed by atoms with Crippen LogP contribution in [0.4, 0.5) is 0 Å². The first-order chi connectivity index (χ1) is 12.4. The van der Waals surface area contributed by atoms with E-state index in [1.54, 1.807) is 0 Å². The first-order valence-corrected chi connectivity index (χ1v) is 8.20. The molecule has 0 spiro atoms.